The van der Waals surface area contributed by atoms with Crippen LogP contribution in [0.15, 0.2) is 16.5 Å². The standard InChI is InChI=1S/C16H19N3O2/c1-2-10-6-7-12(21-10)11-8-13(20)17-16-14(11)15(18-19-16)9-4-3-5-9/h6-7,9,11H,2-5,8H2,1H3,(H2,17,18,19,20)/t11-/m1/s1. The molecular formula is C16H19N3O2. The number of fused-ring (bicyclic) bond motifs is 1. The topological polar surface area (TPSA) is 70.9 Å². The summed E-state index contributed by atoms with van der Waals surface area (Å²) in [4.78, 5) is 11.9. The molecule has 21 heavy (non-hydrogen) atoms. The van der Waals surface area contributed by atoms with Crippen LogP contribution in [-0.4, -0.2) is 16.1 Å². The maximum absolute atomic E-state index is 11.9. The molecule has 0 unspecified atom stereocenters. The van der Waals surface area contributed by atoms with E-state index in [9.17, 15) is 4.79 Å². The van der Waals surface area contributed by atoms with Crippen molar-refractivity contribution in [3.8, 4) is 0 Å². The van der Waals surface area contributed by atoms with Crippen LogP contribution in [0.3, 0.4) is 0 Å². The van der Waals surface area contributed by atoms with E-state index in [0.29, 0.717) is 18.2 Å². The molecule has 5 heteroatoms. The van der Waals surface area contributed by atoms with Gasteiger partial charge in [-0.2, -0.15) is 5.10 Å². The van der Waals surface area contributed by atoms with Gasteiger partial charge < -0.3 is 9.73 Å². The predicted molar refractivity (Wildman–Crippen MR) is 78.4 cm³/mol. The minimum Gasteiger partial charge on any atom is -0.465 e. The van der Waals surface area contributed by atoms with Crippen molar-refractivity contribution < 1.29 is 9.21 Å². The van der Waals surface area contributed by atoms with Crippen molar-refractivity contribution in [2.45, 2.75) is 50.9 Å². The van der Waals surface area contributed by atoms with E-state index in [0.717, 1.165) is 23.5 Å². The first-order valence-electron chi connectivity index (χ1n) is 7.73. The largest absolute Gasteiger partial charge is 0.465 e. The Kier molecular flexibility index (Phi) is 2.87. The van der Waals surface area contributed by atoms with Gasteiger partial charge in [0.15, 0.2) is 5.82 Å². The third kappa shape index (κ3) is 1.99. The van der Waals surface area contributed by atoms with E-state index in [-0.39, 0.29) is 11.8 Å². The highest BCUT2D eigenvalue weighted by atomic mass is 16.3. The number of nitrogens with one attached hydrogen (secondary N) is 2. The second-order valence-electron chi connectivity index (χ2n) is 5.99. The van der Waals surface area contributed by atoms with Gasteiger partial charge in [0.2, 0.25) is 5.91 Å². The molecule has 1 fully saturated rings. The first kappa shape index (κ1) is 12.7. The van der Waals surface area contributed by atoms with E-state index in [4.69, 9.17) is 4.42 Å². The fourth-order valence-corrected chi connectivity index (χ4v) is 3.31. The molecule has 0 radical (unpaired) electrons. The molecule has 110 valence electrons. The zero-order valence-electron chi connectivity index (χ0n) is 12.1. The number of aromatic nitrogens is 2. The summed E-state index contributed by atoms with van der Waals surface area (Å²) in [6, 6.07) is 4.01. The van der Waals surface area contributed by atoms with Crippen LogP contribution in [0, 0.1) is 0 Å². The quantitative estimate of drug-likeness (QED) is 0.909. The number of hydrogen-bond donors (Lipinski definition) is 2. The van der Waals surface area contributed by atoms with E-state index < -0.39 is 0 Å². The van der Waals surface area contributed by atoms with E-state index in [1.54, 1.807) is 0 Å². The van der Waals surface area contributed by atoms with Gasteiger partial charge in [0.25, 0.3) is 0 Å². The van der Waals surface area contributed by atoms with E-state index >= 15 is 0 Å². The molecule has 2 aliphatic rings. The van der Waals surface area contributed by atoms with Crippen molar-refractivity contribution in [3.63, 3.8) is 0 Å². The third-order valence-electron chi connectivity index (χ3n) is 4.72. The Hall–Kier alpha value is -2.04. The molecule has 1 aliphatic heterocycles. The highest BCUT2D eigenvalue weighted by molar-refractivity contribution is 5.94. The SMILES string of the molecule is CCc1ccc([C@H]2CC(=O)Nc3n[nH]c(C4CCC4)c32)o1. The lowest BCUT2D eigenvalue weighted by Gasteiger charge is -2.28. The Morgan fingerprint density at radius 1 is 1.38 bits per heavy atom. The Morgan fingerprint density at radius 2 is 2.24 bits per heavy atom. The number of amides is 1. The lowest BCUT2D eigenvalue weighted by Crippen LogP contribution is -2.24. The van der Waals surface area contributed by atoms with Crippen molar-refractivity contribution in [3.05, 3.63) is 34.9 Å². The number of aromatic amines is 1. The average Bonchev–Trinajstić information content (AvgIpc) is 3.03. The van der Waals surface area contributed by atoms with Gasteiger partial charge >= 0.3 is 0 Å². The van der Waals surface area contributed by atoms with Gasteiger partial charge in [-0.15, -0.1) is 0 Å². The van der Waals surface area contributed by atoms with Crippen molar-refractivity contribution in [2.24, 2.45) is 0 Å². The van der Waals surface area contributed by atoms with Crippen LogP contribution in [-0.2, 0) is 11.2 Å². The Balaban J connectivity index is 1.78. The van der Waals surface area contributed by atoms with Crippen LogP contribution in [0.4, 0.5) is 5.82 Å². The van der Waals surface area contributed by atoms with Gasteiger partial charge in [-0.3, -0.25) is 9.89 Å². The summed E-state index contributed by atoms with van der Waals surface area (Å²) < 4.78 is 5.91. The van der Waals surface area contributed by atoms with E-state index in [2.05, 4.69) is 22.4 Å². The van der Waals surface area contributed by atoms with E-state index in [1.165, 1.54) is 25.0 Å². The zero-order valence-corrected chi connectivity index (χ0v) is 12.1. The molecule has 3 heterocycles. The van der Waals surface area contributed by atoms with Crippen molar-refractivity contribution in [1.82, 2.24) is 10.2 Å². The summed E-state index contributed by atoms with van der Waals surface area (Å²) in [7, 11) is 0. The van der Waals surface area contributed by atoms with E-state index in [1.807, 2.05) is 12.1 Å². The number of furan rings is 1. The van der Waals surface area contributed by atoms with Crippen LogP contribution < -0.4 is 5.32 Å². The molecule has 5 nitrogen and oxygen atoms in total. The van der Waals surface area contributed by atoms with Gasteiger partial charge in [0.1, 0.15) is 11.5 Å². The van der Waals surface area contributed by atoms with Crippen LogP contribution in [0.25, 0.3) is 0 Å². The maximum atomic E-state index is 11.9. The number of nitrogens with zero attached hydrogens (tertiary/aromatic N) is 1. The lowest BCUT2D eigenvalue weighted by molar-refractivity contribution is -0.116. The lowest BCUT2D eigenvalue weighted by atomic mass is 9.78. The van der Waals surface area contributed by atoms with Gasteiger partial charge in [0, 0.05) is 30.0 Å². The summed E-state index contributed by atoms with van der Waals surface area (Å²) >= 11 is 0. The first-order valence-corrected chi connectivity index (χ1v) is 7.73. The monoisotopic (exact) mass is 285 g/mol. The molecule has 1 amide bonds. The normalized spacial score (nSPS) is 21.8. The van der Waals surface area contributed by atoms with Gasteiger partial charge in [-0.25, -0.2) is 0 Å². The molecule has 4 rings (SSSR count). The minimum absolute atomic E-state index is 0.00797. The fourth-order valence-electron chi connectivity index (χ4n) is 3.31. The molecule has 0 bridgehead atoms. The highest BCUT2D eigenvalue weighted by Crippen LogP contribution is 2.45. The van der Waals surface area contributed by atoms with Gasteiger partial charge in [-0.1, -0.05) is 13.3 Å². The van der Waals surface area contributed by atoms with Gasteiger partial charge in [0.05, 0.1) is 5.92 Å². The van der Waals surface area contributed by atoms with Crippen LogP contribution in [0.5, 0.6) is 0 Å². The molecular weight excluding hydrogens is 266 g/mol. The molecule has 1 aliphatic carbocycles. The molecule has 2 N–H and O–H groups in total. The number of aryl methyl sites for hydroxylation is 1. The molecule has 2 aromatic heterocycles. The van der Waals surface area contributed by atoms with Crippen LogP contribution in [0.2, 0.25) is 0 Å². The highest BCUT2D eigenvalue weighted by Gasteiger charge is 2.36. The number of hydrogen-bond acceptors (Lipinski definition) is 3. The number of carbonyl (C=O) groups is 1. The first-order chi connectivity index (χ1) is 10.3. The Bertz CT molecular complexity index is 682. The molecule has 2 aromatic rings. The predicted octanol–water partition coefficient (Wildman–Crippen LogP) is 3.31. The van der Waals surface area contributed by atoms with Crippen LogP contribution >= 0.6 is 0 Å². The molecule has 0 spiro atoms. The number of carbonyl (C=O) groups excluding carboxylic acids is 1. The summed E-state index contributed by atoms with van der Waals surface area (Å²) in [6.45, 7) is 2.07. The Morgan fingerprint density at radius 3 is 2.90 bits per heavy atom. The fraction of sp³-hybridized carbons (Fsp3) is 0.500. The molecule has 0 saturated heterocycles. The smallest absolute Gasteiger partial charge is 0.226 e. The minimum atomic E-state index is -0.0107. The molecule has 1 atom stereocenters. The van der Waals surface area contributed by atoms with Crippen LogP contribution in [0.1, 0.15) is 67.2 Å². The Labute approximate surface area is 123 Å². The third-order valence-corrected chi connectivity index (χ3v) is 4.72. The number of H-pyrrole nitrogens is 1. The number of anilines is 1. The summed E-state index contributed by atoms with van der Waals surface area (Å²) in [5.74, 6) is 3.08. The molecule has 0 aromatic carbocycles. The summed E-state index contributed by atoms with van der Waals surface area (Å²) in [5.41, 5.74) is 2.33. The van der Waals surface area contributed by atoms with Gasteiger partial charge in [-0.05, 0) is 25.0 Å². The summed E-state index contributed by atoms with van der Waals surface area (Å²) in [5, 5.41) is 10.3. The second kappa shape index (κ2) is 4.76. The maximum Gasteiger partial charge on any atom is 0.226 e. The van der Waals surface area contributed by atoms with Crippen molar-refractivity contribution in [1.29, 1.82) is 0 Å². The second-order valence-corrected chi connectivity index (χ2v) is 5.99. The van der Waals surface area contributed by atoms with Crippen molar-refractivity contribution in [2.75, 3.05) is 5.32 Å². The van der Waals surface area contributed by atoms with Crippen molar-refractivity contribution >= 4 is 11.7 Å². The zero-order chi connectivity index (χ0) is 14.4. The summed E-state index contributed by atoms with van der Waals surface area (Å²) in [6.07, 6.45) is 4.98. The molecule has 1 saturated carbocycles. The average molecular weight is 285 g/mol. The number of rotatable bonds is 3.